The molecule has 5 nitrogen and oxygen atoms in total. The molecule has 0 unspecified atom stereocenters. The number of aromatic nitrogens is 5. The summed E-state index contributed by atoms with van der Waals surface area (Å²) in [6, 6.07) is 14.4. The molecule has 6 heteroatoms. The van der Waals surface area contributed by atoms with Gasteiger partial charge in [-0.25, -0.2) is 4.98 Å². The monoisotopic (exact) mass is 335 g/mol. The first-order valence-electron chi connectivity index (χ1n) is 7.75. The fraction of sp³-hybridized carbons (Fsp3) is 0.167. The molecule has 0 spiro atoms. The molecule has 3 heterocycles. The highest BCUT2D eigenvalue weighted by Gasteiger charge is 2.12. The first-order chi connectivity index (χ1) is 11.7. The van der Waals surface area contributed by atoms with Crippen LogP contribution in [0.1, 0.15) is 17.1 Å². The minimum atomic E-state index is 0.756. The van der Waals surface area contributed by atoms with E-state index in [1.165, 1.54) is 5.56 Å². The Bertz CT molecular complexity index is 951. The van der Waals surface area contributed by atoms with Crippen molar-refractivity contribution >= 4 is 17.4 Å². The molecule has 0 aliphatic carbocycles. The van der Waals surface area contributed by atoms with Crippen molar-refractivity contribution in [3.05, 3.63) is 71.9 Å². The zero-order valence-corrected chi connectivity index (χ0v) is 14.4. The van der Waals surface area contributed by atoms with Crippen LogP contribution in [-0.4, -0.2) is 24.1 Å². The van der Waals surface area contributed by atoms with Gasteiger partial charge in [0.15, 0.2) is 5.16 Å². The number of rotatable bonds is 4. The van der Waals surface area contributed by atoms with Gasteiger partial charge in [0.25, 0.3) is 0 Å². The van der Waals surface area contributed by atoms with Gasteiger partial charge in [-0.2, -0.15) is 0 Å². The van der Waals surface area contributed by atoms with E-state index in [2.05, 4.69) is 57.1 Å². The topological polar surface area (TPSA) is 48.0 Å². The molecule has 0 saturated carbocycles. The summed E-state index contributed by atoms with van der Waals surface area (Å²) in [6.07, 6.45) is 4.07. The van der Waals surface area contributed by atoms with Crippen LogP contribution >= 0.6 is 11.8 Å². The Morgan fingerprint density at radius 2 is 1.83 bits per heavy atom. The molecule has 0 amide bonds. The minimum absolute atomic E-state index is 0.756. The van der Waals surface area contributed by atoms with E-state index in [0.717, 1.165) is 33.8 Å². The second kappa shape index (κ2) is 6.13. The zero-order valence-electron chi connectivity index (χ0n) is 13.5. The van der Waals surface area contributed by atoms with E-state index in [9.17, 15) is 0 Å². The SMILES string of the molecule is Cc1ccc(-n2c(C)nnc2SCc2cn3ccccc3n2)cc1. The molecule has 0 radical (unpaired) electrons. The summed E-state index contributed by atoms with van der Waals surface area (Å²) in [6.45, 7) is 4.06. The molecule has 4 rings (SSSR count). The number of pyridine rings is 1. The van der Waals surface area contributed by atoms with Gasteiger partial charge in [-0.3, -0.25) is 4.57 Å². The third-order valence-electron chi connectivity index (χ3n) is 3.85. The third-order valence-corrected chi connectivity index (χ3v) is 4.81. The summed E-state index contributed by atoms with van der Waals surface area (Å²) < 4.78 is 4.12. The van der Waals surface area contributed by atoms with Gasteiger partial charge in [0.05, 0.1) is 5.69 Å². The molecule has 0 atom stereocenters. The van der Waals surface area contributed by atoms with Crippen molar-refractivity contribution in [2.75, 3.05) is 0 Å². The highest BCUT2D eigenvalue weighted by Crippen LogP contribution is 2.25. The van der Waals surface area contributed by atoms with Crippen molar-refractivity contribution in [3.8, 4) is 5.69 Å². The van der Waals surface area contributed by atoms with Crippen LogP contribution in [-0.2, 0) is 5.75 Å². The molecule has 0 bridgehead atoms. The van der Waals surface area contributed by atoms with Crippen molar-refractivity contribution in [1.82, 2.24) is 24.1 Å². The quantitative estimate of drug-likeness (QED) is 0.532. The van der Waals surface area contributed by atoms with E-state index in [1.54, 1.807) is 11.8 Å². The largest absolute Gasteiger partial charge is 0.307 e. The standard InChI is InChI=1S/C18H17N5S/c1-13-6-8-16(9-7-13)23-14(2)20-21-18(23)24-12-15-11-22-10-4-3-5-17(22)19-15/h3-11H,12H2,1-2H3. The van der Waals surface area contributed by atoms with E-state index >= 15 is 0 Å². The second-order valence-corrected chi connectivity index (χ2v) is 6.63. The average Bonchev–Trinajstić information content (AvgIpc) is 3.17. The number of imidazole rings is 1. The maximum atomic E-state index is 4.63. The van der Waals surface area contributed by atoms with Crippen LogP contribution < -0.4 is 0 Å². The van der Waals surface area contributed by atoms with E-state index in [4.69, 9.17) is 0 Å². The molecule has 120 valence electrons. The van der Waals surface area contributed by atoms with Crippen LogP contribution in [0.15, 0.2) is 60.0 Å². The maximum absolute atomic E-state index is 4.63. The summed E-state index contributed by atoms with van der Waals surface area (Å²) in [4.78, 5) is 4.63. The van der Waals surface area contributed by atoms with E-state index in [0.29, 0.717) is 0 Å². The second-order valence-electron chi connectivity index (χ2n) is 5.69. The summed E-state index contributed by atoms with van der Waals surface area (Å²) in [5, 5.41) is 9.44. The molecule has 0 aliphatic rings. The molecule has 0 N–H and O–H groups in total. The van der Waals surface area contributed by atoms with E-state index in [-0.39, 0.29) is 0 Å². The van der Waals surface area contributed by atoms with Crippen molar-refractivity contribution < 1.29 is 0 Å². The first-order valence-corrected chi connectivity index (χ1v) is 8.74. The molecule has 24 heavy (non-hydrogen) atoms. The number of benzene rings is 1. The van der Waals surface area contributed by atoms with Gasteiger partial charge >= 0.3 is 0 Å². The van der Waals surface area contributed by atoms with Crippen LogP contribution in [0.25, 0.3) is 11.3 Å². The molecule has 3 aromatic heterocycles. The normalized spacial score (nSPS) is 11.2. The number of fused-ring (bicyclic) bond motifs is 1. The molecular weight excluding hydrogens is 318 g/mol. The molecule has 0 fully saturated rings. The number of hydrogen-bond donors (Lipinski definition) is 0. The molecule has 0 aliphatic heterocycles. The summed E-state index contributed by atoms with van der Waals surface area (Å²) in [5.41, 5.74) is 4.32. The summed E-state index contributed by atoms with van der Waals surface area (Å²) in [5.74, 6) is 1.64. The van der Waals surface area contributed by atoms with Gasteiger partial charge in [0.1, 0.15) is 11.5 Å². The van der Waals surface area contributed by atoms with Gasteiger partial charge < -0.3 is 4.40 Å². The Morgan fingerprint density at radius 3 is 2.62 bits per heavy atom. The Balaban J connectivity index is 1.60. The Kier molecular flexibility index (Phi) is 3.82. The van der Waals surface area contributed by atoms with E-state index < -0.39 is 0 Å². The fourth-order valence-electron chi connectivity index (χ4n) is 2.62. The lowest BCUT2D eigenvalue weighted by Crippen LogP contribution is -1.99. The lowest BCUT2D eigenvalue weighted by molar-refractivity contribution is 0.867. The smallest absolute Gasteiger partial charge is 0.196 e. The first kappa shape index (κ1) is 15.0. The van der Waals surface area contributed by atoms with Crippen LogP contribution in [0.5, 0.6) is 0 Å². The predicted molar refractivity (Wildman–Crippen MR) is 95.6 cm³/mol. The van der Waals surface area contributed by atoms with E-state index in [1.807, 2.05) is 35.7 Å². The Morgan fingerprint density at radius 1 is 1.00 bits per heavy atom. The number of aryl methyl sites for hydroxylation is 2. The molecule has 1 aromatic carbocycles. The third kappa shape index (κ3) is 2.80. The van der Waals surface area contributed by atoms with Crippen molar-refractivity contribution in [1.29, 1.82) is 0 Å². The highest BCUT2D eigenvalue weighted by molar-refractivity contribution is 7.98. The van der Waals surface area contributed by atoms with Gasteiger partial charge in [-0.05, 0) is 38.1 Å². The van der Waals surface area contributed by atoms with Gasteiger partial charge in [0.2, 0.25) is 0 Å². The van der Waals surface area contributed by atoms with Gasteiger partial charge in [0, 0.05) is 23.8 Å². The molecular formula is C18H17N5S. The van der Waals surface area contributed by atoms with Gasteiger partial charge in [-0.15, -0.1) is 10.2 Å². The fourth-order valence-corrected chi connectivity index (χ4v) is 3.50. The van der Waals surface area contributed by atoms with Crippen LogP contribution in [0, 0.1) is 13.8 Å². The number of hydrogen-bond acceptors (Lipinski definition) is 4. The minimum Gasteiger partial charge on any atom is -0.307 e. The van der Waals surface area contributed by atoms with Crippen molar-refractivity contribution in [3.63, 3.8) is 0 Å². The molecule has 4 aromatic rings. The average molecular weight is 335 g/mol. The van der Waals surface area contributed by atoms with Crippen molar-refractivity contribution in [2.45, 2.75) is 24.8 Å². The lowest BCUT2D eigenvalue weighted by atomic mass is 10.2. The highest BCUT2D eigenvalue weighted by atomic mass is 32.2. The Labute approximate surface area is 144 Å². The van der Waals surface area contributed by atoms with Crippen LogP contribution in [0.3, 0.4) is 0 Å². The summed E-state index contributed by atoms with van der Waals surface area (Å²) >= 11 is 1.65. The lowest BCUT2D eigenvalue weighted by Gasteiger charge is -2.08. The van der Waals surface area contributed by atoms with Gasteiger partial charge in [-0.1, -0.05) is 35.5 Å². The Hall–Kier alpha value is -2.60. The molecule has 0 saturated heterocycles. The summed E-state index contributed by atoms with van der Waals surface area (Å²) in [7, 11) is 0. The van der Waals surface area contributed by atoms with Crippen molar-refractivity contribution in [2.24, 2.45) is 0 Å². The zero-order chi connectivity index (χ0) is 16.5. The van der Waals surface area contributed by atoms with Crippen LogP contribution in [0.2, 0.25) is 0 Å². The maximum Gasteiger partial charge on any atom is 0.196 e. The number of thioether (sulfide) groups is 1. The predicted octanol–water partition coefficient (Wildman–Crippen LogP) is 3.82. The number of nitrogens with zero attached hydrogens (tertiary/aromatic N) is 5. The van der Waals surface area contributed by atoms with Crippen LogP contribution in [0.4, 0.5) is 0 Å².